The average Bonchev–Trinajstić information content (AvgIpc) is 2.21. The summed E-state index contributed by atoms with van der Waals surface area (Å²) >= 11 is 5.51. The second-order valence-corrected chi connectivity index (χ2v) is 3.23. The van der Waals surface area contributed by atoms with Gasteiger partial charge >= 0.3 is 5.97 Å². The molecule has 0 unspecified atom stereocenters. The predicted octanol–water partition coefficient (Wildman–Crippen LogP) is 1.78. The standard InChI is InChI=1S/C9H9ClFNO3.ClH/c1-15-9(14)7(12)5-2-4(11)3-6(10)8(5)13;/h2-3,7,13H,12H2,1H3;1H/t7-;/m1./s1. The molecule has 0 aromatic heterocycles. The van der Waals surface area contributed by atoms with Crippen LogP contribution in [0.4, 0.5) is 4.39 Å². The van der Waals surface area contributed by atoms with Crippen molar-refractivity contribution < 1.29 is 19.0 Å². The van der Waals surface area contributed by atoms with Gasteiger partial charge < -0.3 is 15.6 Å². The Bertz CT molecular complexity index is 401. The number of rotatable bonds is 2. The Hall–Kier alpha value is -1.04. The van der Waals surface area contributed by atoms with Crippen LogP contribution in [0.2, 0.25) is 5.02 Å². The molecule has 0 spiro atoms. The smallest absolute Gasteiger partial charge is 0.327 e. The van der Waals surface area contributed by atoms with Gasteiger partial charge in [0.2, 0.25) is 0 Å². The van der Waals surface area contributed by atoms with E-state index >= 15 is 0 Å². The molecule has 90 valence electrons. The van der Waals surface area contributed by atoms with E-state index in [0.29, 0.717) is 0 Å². The second-order valence-electron chi connectivity index (χ2n) is 2.83. The summed E-state index contributed by atoms with van der Waals surface area (Å²) < 4.78 is 17.3. The van der Waals surface area contributed by atoms with Crippen molar-refractivity contribution in [1.29, 1.82) is 0 Å². The van der Waals surface area contributed by atoms with Gasteiger partial charge in [-0.15, -0.1) is 12.4 Å². The van der Waals surface area contributed by atoms with E-state index in [1.807, 2.05) is 0 Å². The number of carbonyl (C=O) groups is 1. The van der Waals surface area contributed by atoms with E-state index in [0.717, 1.165) is 19.2 Å². The van der Waals surface area contributed by atoms with Crippen molar-refractivity contribution in [3.63, 3.8) is 0 Å². The fourth-order valence-corrected chi connectivity index (χ4v) is 1.29. The molecule has 1 atom stereocenters. The molecule has 0 aliphatic heterocycles. The minimum absolute atomic E-state index is 0. The molecule has 1 aromatic carbocycles. The first-order chi connectivity index (χ1) is 6.97. The Balaban J connectivity index is 0.00000225. The molecule has 0 fully saturated rings. The van der Waals surface area contributed by atoms with E-state index in [1.54, 1.807) is 0 Å². The largest absolute Gasteiger partial charge is 0.506 e. The molecule has 0 saturated heterocycles. The number of phenols is 1. The molecule has 0 amide bonds. The summed E-state index contributed by atoms with van der Waals surface area (Å²) in [6.07, 6.45) is 0. The minimum atomic E-state index is -1.26. The molecule has 3 N–H and O–H groups in total. The monoisotopic (exact) mass is 269 g/mol. The van der Waals surface area contributed by atoms with Crippen LogP contribution >= 0.6 is 24.0 Å². The number of esters is 1. The van der Waals surface area contributed by atoms with Gasteiger partial charge in [-0.1, -0.05) is 11.6 Å². The molecule has 0 aliphatic rings. The maximum Gasteiger partial charge on any atom is 0.327 e. The zero-order chi connectivity index (χ0) is 11.6. The van der Waals surface area contributed by atoms with E-state index in [4.69, 9.17) is 17.3 Å². The molecule has 1 aromatic rings. The van der Waals surface area contributed by atoms with Gasteiger partial charge in [0.25, 0.3) is 0 Å². The highest BCUT2D eigenvalue weighted by Gasteiger charge is 2.22. The average molecular weight is 270 g/mol. The molecule has 0 radical (unpaired) electrons. The van der Waals surface area contributed by atoms with Gasteiger partial charge in [-0.05, 0) is 12.1 Å². The molecule has 1 rings (SSSR count). The van der Waals surface area contributed by atoms with Crippen molar-refractivity contribution >= 4 is 30.0 Å². The number of phenolic OH excluding ortho intramolecular Hbond substituents is 1. The van der Waals surface area contributed by atoms with Crippen molar-refractivity contribution in [1.82, 2.24) is 0 Å². The summed E-state index contributed by atoms with van der Waals surface area (Å²) in [6, 6.07) is 0.593. The third kappa shape index (κ3) is 2.98. The first-order valence-corrected chi connectivity index (χ1v) is 4.36. The van der Waals surface area contributed by atoms with Gasteiger partial charge in [0.15, 0.2) is 0 Å². The van der Waals surface area contributed by atoms with Crippen LogP contribution in [0.1, 0.15) is 11.6 Å². The SMILES string of the molecule is COC(=O)[C@H](N)c1cc(F)cc(Cl)c1O.Cl. The highest BCUT2D eigenvalue weighted by Crippen LogP contribution is 2.32. The summed E-state index contributed by atoms with van der Waals surface area (Å²) in [5.74, 6) is -1.89. The summed E-state index contributed by atoms with van der Waals surface area (Å²) in [6.45, 7) is 0. The van der Waals surface area contributed by atoms with E-state index in [1.165, 1.54) is 0 Å². The van der Waals surface area contributed by atoms with Crippen molar-refractivity contribution in [2.24, 2.45) is 5.73 Å². The number of aromatic hydroxyl groups is 1. The first kappa shape index (κ1) is 15.0. The van der Waals surface area contributed by atoms with Gasteiger partial charge in [-0.2, -0.15) is 0 Å². The van der Waals surface area contributed by atoms with Crippen molar-refractivity contribution in [2.45, 2.75) is 6.04 Å². The third-order valence-corrected chi connectivity index (χ3v) is 2.14. The summed E-state index contributed by atoms with van der Waals surface area (Å²) in [4.78, 5) is 11.1. The molecular weight excluding hydrogens is 260 g/mol. The molecular formula is C9H10Cl2FNO3. The van der Waals surface area contributed by atoms with Crippen molar-refractivity contribution in [2.75, 3.05) is 7.11 Å². The second kappa shape index (κ2) is 5.89. The first-order valence-electron chi connectivity index (χ1n) is 3.98. The van der Waals surface area contributed by atoms with Crippen LogP contribution in [0.25, 0.3) is 0 Å². The van der Waals surface area contributed by atoms with Crippen LogP contribution in [0.15, 0.2) is 12.1 Å². The van der Waals surface area contributed by atoms with E-state index in [2.05, 4.69) is 4.74 Å². The third-order valence-electron chi connectivity index (χ3n) is 1.85. The topological polar surface area (TPSA) is 72.5 Å². The lowest BCUT2D eigenvalue weighted by Gasteiger charge is -2.12. The van der Waals surface area contributed by atoms with Crippen molar-refractivity contribution in [3.8, 4) is 5.75 Å². The number of nitrogens with two attached hydrogens (primary N) is 1. The van der Waals surface area contributed by atoms with Gasteiger partial charge in [0.05, 0.1) is 12.1 Å². The van der Waals surface area contributed by atoms with Gasteiger partial charge in [0.1, 0.15) is 17.6 Å². The van der Waals surface area contributed by atoms with Gasteiger partial charge in [-0.25, -0.2) is 4.39 Å². The molecule has 0 heterocycles. The normalized spacial score (nSPS) is 11.5. The number of methoxy groups -OCH3 is 1. The van der Waals surface area contributed by atoms with Crippen LogP contribution in [0.3, 0.4) is 0 Å². The maximum absolute atomic E-state index is 12.9. The lowest BCUT2D eigenvalue weighted by atomic mass is 10.1. The zero-order valence-electron chi connectivity index (χ0n) is 8.24. The molecule has 0 saturated carbocycles. The number of halogens is 3. The predicted molar refractivity (Wildman–Crippen MR) is 59.3 cm³/mol. The molecule has 7 heteroatoms. The molecule has 0 bridgehead atoms. The van der Waals surface area contributed by atoms with Gasteiger partial charge in [0, 0.05) is 5.56 Å². The van der Waals surface area contributed by atoms with E-state index in [-0.39, 0.29) is 23.0 Å². The molecule has 4 nitrogen and oxygen atoms in total. The fraction of sp³-hybridized carbons (Fsp3) is 0.222. The van der Waals surface area contributed by atoms with Gasteiger partial charge in [-0.3, -0.25) is 4.79 Å². The number of hydrogen-bond acceptors (Lipinski definition) is 4. The van der Waals surface area contributed by atoms with E-state index < -0.39 is 23.6 Å². The fourth-order valence-electron chi connectivity index (χ4n) is 1.08. The molecule has 16 heavy (non-hydrogen) atoms. The lowest BCUT2D eigenvalue weighted by Crippen LogP contribution is -2.22. The zero-order valence-corrected chi connectivity index (χ0v) is 9.81. The number of carbonyl (C=O) groups excluding carboxylic acids is 1. The number of benzene rings is 1. The number of hydrogen-bond donors (Lipinski definition) is 2. The number of ether oxygens (including phenoxy) is 1. The van der Waals surface area contributed by atoms with Crippen LogP contribution in [0.5, 0.6) is 5.75 Å². The van der Waals surface area contributed by atoms with Crippen LogP contribution in [0, 0.1) is 5.82 Å². The molecule has 0 aliphatic carbocycles. The Kier molecular flexibility index (Phi) is 5.50. The Morgan fingerprint density at radius 2 is 2.19 bits per heavy atom. The minimum Gasteiger partial charge on any atom is -0.506 e. The van der Waals surface area contributed by atoms with E-state index in [9.17, 15) is 14.3 Å². The Labute approximate surface area is 103 Å². The van der Waals surface area contributed by atoms with Crippen molar-refractivity contribution in [3.05, 3.63) is 28.5 Å². The highest BCUT2D eigenvalue weighted by molar-refractivity contribution is 6.32. The summed E-state index contributed by atoms with van der Waals surface area (Å²) in [5.41, 5.74) is 5.32. The maximum atomic E-state index is 12.9. The highest BCUT2D eigenvalue weighted by atomic mass is 35.5. The lowest BCUT2D eigenvalue weighted by molar-refractivity contribution is -0.142. The van der Waals surface area contributed by atoms with Crippen LogP contribution < -0.4 is 5.73 Å². The van der Waals surface area contributed by atoms with Crippen LogP contribution in [-0.2, 0) is 9.53 Å². The van der Waals surface area contributed by atoms with Crippen LogP contribution in [-0.4, -0.2) is 18.2 Å². The summed E-state index contributed by atoms with van der Waals surface area (Å²) in [7, 11) is 1.14. The Morgan fingerprint density at radius 3 is 2.69 bits per heavy atom. The summed E-state index contributed by atoms with van der Waals surface area (Å²) in [5, 5.41) is 9.25. The quantitative estimate of drug-likeness (QED) is 0.803. The Morgan fingerprint density at radius 1 is 1.62 bits per heavy atom.